The van der Waals surface area contributed by atoms with Crippen molar-refractivity contribution in [1.82, 2.24) is 4.98 Å². The fourth-order valence-corrected chi connectivity index (χ4v) is 1.27. The smallest absolute Gasteiger partial charge is 0.147 e. The van der Waals surface area contributed by atoms with Crippen LogP contribution in [-0.4, -0.2) is 21.3 Å². The van der Waals surface area contributed by atoms with E-state index in [9.17, 15) is 14.6 Å². The van der Waals surface area contributed by atoms with Crippen LogP contribution < -0.4 is 0 Å². The Morgan fingerprint density at radius 3 is 2.40 bits per heavy atom. The van der Waals surface area contributed by atoms with Gasteiger partial charge in [0.05, 0.1) is 12.3 Å². The number of rotatable bonds is 2. The Bertz CT molecular complexity index is 336. The van der Waals surface area contributed by atoms with Gasteiger partial charge in [-0.1, -0.05) is 20.8 Å². The number of aliphatic hydroxyl groups is 2. The maximum Gasteiger partial charge on any atom is 0.147 e. The highest BCUT2D eigenvalue weighted by Gasteiger charge is 2.31. The zero-order valence-electron chi connectivity index (χ0n) is 9.11. The number of aromatic nitrogens is 1. The van der Waals surface area contributed by atoms with Gasteiger partial charge in [0.25, 0.3) is 0 Å². The molecule has 2 N–H and O–H groups in total. The fourth-order valence-electron chi connectivity index (χ4n) is 1.27. The van der Waals surface area contributed by atoms with Crippen LogP contribution in [0.25, 0.3) is 0 Å². The zero-order valence-corrected chi connectivity index (χ0v) is 9.11. The summed E-state index contributed by atoms with van der Waals surface area (Å²) in [5.41, 5.74) is -0.429. The van der Waals surface area contributed by atoms with E-state index in [0.717, 1.165) is 6.20 Å². The summed E-state index contributed by atoms with van der Waals surface area (Å²) in [6.07, 6.45) is 0.160. The number of pyridine rings is 1. The summed E-state index contributed by atoms with van der Waals surface area (Å²) in [6, 6.07) is 1.37. The fraction of sp³-hybridized carbons (Fsp3) is 0.545. The lowest BCUT2D eigenvalue weighted by Gasteiger charge is -2.30. The average molecular weight is 213 g/mol. The van der Waals surface area contributed by atoms with Crippen LogP contribution in [0.4, 0.5) is 4.39 Å². The predicted octanol–water partition coefficient (Wildman–Crippen LogP) is 1.66. The van der Waals surface area contributed by atoms with Gasteiger partial charge in [0, 0.05) is 11.8 Å². The van der Waals surface area contributed by atoms with Crippen LogP contribution in [0.3, 0.4) is 0 Å². The number of nitrogens with zero attached hydrogens (tertiary/aromatic N) is 1. The molecule has 0 amide bonds. The molecular weight excluding hydrogens is 197 g/mol. The Balaban J connectivity index is 2.95. The van der Waals surface area contributed by atoms with Crippen LogP contribution in [-0.2, 0) is 0 Å². The quantitative estimate of drug-likeness (QED) is 0.785. The van der Waals surface area contributed by atoms with Crippen LogP contribution in [0.5, 0.6) is 0 Å². The van der Waals surface area contributed by atoms with Gasteiger partial charge >= 0.3 is 0 Å². The SMILES string of the molecule is CC(C)(C)C(O)C(O)c1ccncc1F. The first-order valence-corrected chi connectivity index (χ1v) is 4.79. The van der Waals surface area contributed by atoms with Gasteiger partial charge in [-0.25, -0.2) is 4.39 Å². The molecule has 1 heterocycles. The van der Waals surface area contributed by atoms with Crippen molar-refractivity contribution < 1.29 is 14.6 Å². The van der Waals surface area contributed by atoms with Crippen LogP contribution in [0.15, 0.2) is 18.5 Å². The number of hydrogen-bond donors (Lipinski definition) is 2. The number of aliphatic hydroxyl groups excluding tert-OH is 2. The van der Waals surface area contributed by atoms with E-state index >= 15 is 0 Å². The summed E-state index contributed by atoms with van der Waals surface area (Å²) >= 11 is 0. The molecule has 2 unspecified atom stereocenters. The van der Waals surface area contributed by atoms with E-state index in [1.165, 1.54) is 12.3 Å². The number of halogens is 1. The second kappa shape index (κ2) is 4.24. The lowest BCUT2D eigenvalue weighted by molar-refractivity contribution is -0.0472. The summed E-state index contributed by atoms with van der Waals surface area (Å²) < 4.78 is 13.3. The van der Waals surface area contributed by atoms with Crippen molar-refractivity contribution in [2.45, 2.75) is 33.0 Å². The van der Waals surface area contributed by atoms with Gasteiger partial charge in [-0.15, -0.1) is 0 Å². The van der Waals surface area contributed by atoms with Crippen molar-refractivity contribution in [1.29, 1.82) is 0 Å². The molecular formula is C11H16FNO2. The average Bonchev–Trinajstić information content (AvgIpc) is 2.15. The first kappa shape index (κ1) is 12.1. The molecule has 0 fully saturated rings. The van der Waals surface area contributed by atoms with Gasteiger partial charge in [0.15, 0.2) is 0 Å². The molecule has 4 heteroatoms. The molecule has 3 nitrogen and oxygen atoms in total. The monoisotopic (exact) mass is 213 g/mol. The molecule has 0 saturated heterocycles. The molecule has 1 aromatic rings. The van der Waals surface area contributed by atoms with Crippen molar-refractivity contribution in [2.75, 3.05) is 0 Å². The lowest BCUT2D eigenvalue weighted by Crippen LogP contribution is -2.32. The number of hydrogen-bond acceptors (Lipinski definition) is 3. The maximum absolute atomic E-state index is 13.3. The Morgan fingerprint density at radius 2 is 1.93 bits per heavy atom. The molecule has 1 aromatic heterocycles. The van der Waals surface area contributed by atoms with Gasteiger partial charge in [-0.05, 0) is 11.5 Å². The topological polar surface area (TPSA) is 53.4 Å². The molecule has 0 saturated carbocycles. The van der Waals surface area contributed by atoms with Crippen molar-refractivity contribution in [3.63, 3.8) is 0 Å². The van der Waals surface area contributed by atoms with Gasteiger partial charge in [0.2, 0.25) is 0 Å². The second-order valence-electron chi connectivity index (χ2n) is 4.65. The van der Waals surface area contributed by atoms with Gasteiger partial charge in [-0.3, -0.25) is 4.98 Å². The van der Waals surface area contributed by atoms with E-state index in [0.29, 0.717) is 0 Å². The molecule has 0 radical (unpaired) electrons. The minimum absolute atomic E-state index is 0.0763. The highest BCUT2D eigenvalue weighted by atomic mass is 19.1. The molecule has 0 aliphatic rings. The first-order valence-electron chi connectivity index (χ1n) is 4.79. The minimum atomic E-state index is -1.23. The third-order valence-corrected chi connectivity index (χ3v) is 2.31. The van der Waals surface area contributed by atoms with E-state index < -0.39 is 23.4 Å². The van der Waals surface area contributed by atoms with E-state index in [-0.39, 0.29) is 5.56 Å². The normalized spacial score (nSPS) is 16.1. The maximum atomic E-state index is 13.3. The van der Waals surface area contributed by atoms with E-state index in [2.05, 4.69) is 4.98 Å². The molecule has 0 aromatic carbocycles. The molecule has 15 heavy (non-hydrogen) atoms. The highest BCUT2D eigenvalue weighted by molar-refractivity contribution is 5.17. The van der Waals surface area contributed by atoms with E-state index in [4.69, 9.17) is 0 Å². The van der Waals surface area contributed by atoms with Crippen molar-refractivity contribution >= 4 is 0 Å². The van der Waals surface area contributed by atoms with Crippen molar-refractivity contribution in [3.05, 3.63) is 29.8 Å². The summed E-state index contributed by atoms with van der Waals surface area (Å²) in [5.74, 6) is -0.603. The minimum Gasteiger partial charge on any atom is -0.390 e. The summed E-state index contributed by atoms with van der Waals surface area (Å²) in [6.45, 7) is 5.33. The Labute approximate surface area is 88.6 Å². The molecule has 0 aliphatic heterocycles. The molecule has 1 rings (SSSR count). The van der Waals surface area contributed by atoms with Crippen LogP contribution in [0, 0.1) is 11.2 Å². The molecule has 2 atom stereocenters. The van der Waals surface area contributed by atoms with Gasteiger partial charge < -0.3 is 10.2 Å². The second-order valence-corrected chi connectivity index (χ2v) is 4.65. The zero-order chi connectivity index (χ0) is 11.6. The molecule has 0 spiro atoms. The van der Waals surface area contributed by atoms with E-state index in [1.807, 2.05) is 0 Å². The van der Waals surface area contributed by atoms with Crippen molar-refractivity contribution in [3.8, 4) is 0 Å². The molecule has 84 valence electrons. The van der Waals surface area contributed by atoms with E-state index in [1.54, 1.807) is 20.8 Å². The largest absolute Gasteiger partial charge is 0.390 e. The molecule has 0 bridgehead atoms. The van der Waals surface area contributed by atoms with Gasteiger partial charge in [0.1, 0.15) is 11.9 Å². The van der Waals surface area contributed by atoms with Gasteiger partial charge in [-0.2, -0.15) is 0 Å². The lowest BCUT2D eigenvalue weighted by atomic mass is 9.84. The third-order valence-electron chi connectivity index (χ3n) is 2.31. The van der Waals surface area contributed by atoms with Crippen molar-refractivity contribution in [2.24, 2.45) is 5.41 Å². The van der Waals surface area contributed by atoms with Crippen LogP contribution in [0.2, 0.25) is 0 Å². The Morgan fingerprint density at radius 1 is 1.33 bits per heavy atom. The van der Waals surface area contributed by atoms with Crippen LogP contribution in [0.1, 0.15) is 32.4 Å². The first-order chi connectivity index (χ1) is 6.84. The molecule has 0 aliphatic carbocycles. The third kappa shape index (κ3) is 2.73. The summed E-state index contributed by atoms with van der Waals surface area (Å²) in [4.78, 5) is 3.58. The standard InChI is InChI=1S/C11H16FNO2/c1-11(2,3)10(15)9(14)7-4-5-13-6-8(7)12/h4-6,9-10,14-15H,1-3H3. The predicted molar refractivity (Wildman–Crippen MR) is 54.6 cm³/mol. The van der Waals surface area contributed by atoms with Crippen LogP contribution >= 0.6 is 0 Å². The summed E-state index contributed by atoms with van der Waals surface area (Å²) in [7, 11) is 0. The Kier molecular flexibility index (Phi) is 3.42. The summed E-state index contributed by atoms with van der Waals surface area (Å²) in [5, 5.41) is 19.6. The Hall–Kier alpha value is -1.00. The highest BCUT2D eigenvalue weighted by Crippen LogP contribution is 2.30.